The topological polar surface area (TPSA) is 9.23 Å². The smallest absolute Gasteiger partial charge is 0.131 e. The Morgan fingerprint density at radius 1 is 0.800 bits per heavy atom. The summed E-state index contributed by atoms with van der Waals surface area (Å²) in [6.07, 6.45) is 4.26. The molecule has 0 bridgehead atoms. The second kappa shape index (κ2) is 7.36. The summed E-state index contributed by atoms with van der Waals surface area (Å²) in [6, 6.07) is 16.6. The Labute approximate surface area is 123 Å². The lowest BCUT2D eigenvalue weighted by molar-refractivity contribution is 0.622. The van der Waals surface area contributed by atoms with Crippen molar-refractivity contribution in [3.05, 3.63) is 48.5 Å². The lowest BCUT2D eigenvalue weighted by atomic mass is 10.0. The molecule has 2 aromatic carbocycles. The van der Waals surface area contributed by atoms with E-state index in [1.165, 1.54) is 16.4 Å². The quantitative estimate of drug-likeness (QED) is 0.588. The summed E-state index contributed by atoms with van der Waals surface area (Å²) in [7, 11) is -1.71. The molecule has 0 amide bonds. The highest BCUT2D eigenvalue weighted by Gasteiger charge is 2.25. The van der Waals surface area contributed by atoms with Gasteiger partial charge in [-0.1, -0.05) is 76.5 Å². The standard InChI is InChI=1S/C14H13OP.2C2H6/c1-16(2)14-10-6-4-8-12(14)11-7-3-5-9-13(11)15-16;2*1-2/h3-10H,1H2,2H3;2*1-2H3. The fourth-order valence-corrected chi connectivity index (χ4v) is 3.95. The van der Waals surface area contributed by atoms with Crippen LogP contribution in [-0.2, 0) is 0 Å². The van der Waals surface area contributed by atoms with Gasteiger partial charge in [0.1, 0.15) is 5.75 Å². The summed E-state index contributed by atoms with van der Waals surface area (Å²) in [5.74, 6) is 0.965. The van der Waals surface area contributed by atoms with Gasteiger partial charge in [0.2, 0.25) is 0 Å². The van der Waals surface area contributed by atoms with E-state index < -0.39 is 7.11 Å². The fraction of sp³-hybridized carbons (Fsp3) is 0.278. The number of benzene rings is 2. The van der Waals surface area contributed by atoms with Crippen LogP contribution in [0.25, 0.3) is 11.1 Å². The Kier molecular flexibility index (Phi) is 6.10. The average Bonchev–Trinajstić information content (AvgIpc) is 2.51. The van der Waals surface area contributed by atoms with E-state index >= 15 is 0 Å². The third-order valence-corrected chi connectivity index (χ3v) is 4.90. The van der Waals surface area contributed by atoms with Crippen molar-refractivity contribution in [2.75, 3.05) is 6.66 Å². The zero-order chi connectivity index (χ0) is 15.2. The van der Waals surface area contributed by atoms with Crippen LogP contribution in [0.3, 0.4) is 0 Å². The van der Waals surface area contributed by atoms with Crippen molar-refractivity contribution in [3.8, 4) is 16.9 Å². The highest BCUT2D eigenvalue weighted by atomic mass is 31.2. The van der Waals surface area contributed by atoms with Gasteiger partial charge in [-0.15, -0.1) is 0 Å². The molecule has 2 heteroatoms. The third kappa shape index (κ3) is 3.16. The van der Waals surface area contributed by atoms with Gasteiger partial charge >= 0.3 is 0 Å². The van der Waals surface area contributed by atoms with Gasteiger partial charge in [0, 0.05) is 10.9 Å². The van der Waals surface area contributed by atoms with Crippen LogP contribution in [0.4, 0.5) is 0 Å². The summed E-state index contributed by atoms with van der Waals surface area (Å²) in [6.45, 7) is 10.1. The van der Waals surface area contributed by atoms with Crippen LogP contribution in [0, 0.1) is 0 Å². The van der Waals surface area contributed by atoms with Crippen LogP contribution in [0.2, 0.25) is 0 Å². The molecule has 0 N–H and O–H groups in total. The first-order valence-corrected chi connectivity index (χ1v) is 9.62. The van der Waals surface area contributed by atoms with Gasteiger partial charge in [-0.25, -0.2) is 0 Å². The first kappa shape index (κ1) is 16.6. The molecule has 20 heavy (non-hydrogen) atoms. The molecule has 0 aromatic heterocycles. The SMILES string of the molecule is C=P1(C)Oc2ccccc2-c2ccccc21.CC.CC. The van der Waals surface area contributed by atoms with Crippen molar-refractivity contribution in [1.29, 1.82) is 0 Å². The molecule has 0 aliphatic carbocycles. The van der Waals surface area contributed by atoms with Gasteiger partial charge < -0.3 is 4.52 Å². The van der Waals surface area contributed by atoms with Gasteiger partial charge in [0.25, 0.3) is 0 Å². The first-order chi connectivity index (χ1) is 9.68. The van der Waals surface area contributed by atoms with E-state index in [2.05, 4.69) is 43.3 Å². The van der Waals surface area contributed by atoms with Gasteiger partial charge in [-0.3, -0.25) is 0 Å². The minimum atomic E-state index is -1.71. The Morgan fingerprint density at radius 3 is 1.95 bits per heavy atom. The molecule has 3 rings (SSSR count). The van der Waals surface area contributed by atoms with Gasteiger partial charge in [-0.2, -0.15) is 0 Å². The molecule has 0 spiro atoms. The molecule has 1 aliphatic heterocycles. The molecule has 108 valence electrons. The van der Waals surface area contributed by atoms with Crippen LogP contribution in [0.1, 0.15) is 27.7 Å². The molecule has 0 fully saturated rings. The number of rotatable bonds is 0. The largest absolute Gasteiger partial charge is 0.473 e. The minimum Gasteiger partial charge on any atom is -0.473 e. The van der Waals surface area contributed by atoms with Gasteiger partial charge in [0.05, 0.1) is 7.11 Å². The number of hydrogen-bond donors (Lipinski definition) is 0. The summed E-state index contributed by atoms with van der Waals surface area (Å²) in [4.78, 5) is 0. The normalized spacial score (nSPS) is 18.1. The first-order valence-electron chi connectivity index (χ1n) is 7.28. The zero-order valence-electron chi connectivity index (χ0n) is 13.2. The van der Waals surface area contributed by atoms with Gasteiger partial charge in [-0.05, 0) is 18.3 Å². The predicted molar refractivity (Wildman–Crippen MR) is 94.8 cm³/mol. The van der Waals surface area contributed by atoms with Crippen molar-refractivity contribution in [1.82, 2.24) is 0 Å². The van der Waals surface area contributed by atoms with Crippen LogP contribution in [-0.4, -0.2) is 13.0 Å². The third-order valence-electron chi connectivity index (χ3n) is 2.89. The van der Waals surface area contributed by atoms with Crippen LogP contribution < -0.4 is 9.83 Å². The van der Waals surface area contributed by atoms with E-state index in [9.17, 15) is 0 Å². The second-order valence-electron chi connectivity index (χ2n) is 4.21. The Hall–Kier alpha value is -1.46. The maximum absolute atomic E-state index is 6.05. The van der Waals surface area contributed by atoms with Crippen molar-refractivity contribution >= 4 is 18.7 Å². The molecule has 0 saturated heterocycles. The highest BCUT2D eigenvalue weighted by molar-refractivity contribution is 7.76. The van der Waals surface area contributed by atoms with E-state index in [-0.39, 0.29) is 0 Å². The van der Waals surface area contributed by atoms with Gasteiger partial charge in [0.15, 0.2) is 0 Å². The molecule has 1 nitrogen and oxygen atoms in total. The highest BCUT2D eigenvalue weighted by Crippen LogP contribution is 2.51. The number of fused-ring (bicyclic) bond motifs is 3. The fourth-order valence-electron chi connectivity index (χ4n) is 2.15. The number of hydrogen-bond acceptors (Lipinski definition) is 1. The predicted octanol–water partition coefficient (Wildman–Crippen LogP) is 5.42. The van der Waals surface area contributed by atoms with Crippen LogP contribution in [0.15, 0.2) is 48.5 Å². The minimum absolute atomic E-state index is 0.965. The maximum atomic E-state index is 6.05. The van der Waals surface area contributed by atoms with Crippen molar-refractivity contribution in [3.63, 3.8) is 0 Å². The summed E-state index contributed by atoms with van der Waals surface area (Å²) in [5, 5.41) is 1.26. The van der Waals surface area contributed by atoms with Crippen molar-refractivity contribution in [2.45, 2.75) is 27.7 Å². The molecule has 1 unspecified atom stereocenters. The molecule has 0 radical (unpaired) electrons. The van der Waals surface area contributed by atoms with Crippen molar-refractivity contribution in [2.24, 2.45) is 0 Å². The van der Waals surface area contributed by atoms with E-state index in [1.807, 2.05) is 45.9 Å². The number of para-hydroxylation sites is 1. The lowest BCUT2D eigenvalue weighted by Gasteiger charge is -2.30. The monoisotopic (exact) mass is 288 g/mol. The second-order valence-corrected chi connectivity index (χ2v) is 7.07. The Morgan fingerprint density at radius 2 is 1.30 bits per heavy atom. The van der Waals surface area contributed by atoms with E-state index in [0.717, 1.165) is 5.75 Å². The lowest BCUT2D eigenvalue weighted by Crippen LogP contribution is -2.16. The Bertz CT molecular complexity index is 602. The summed E-state index contributed by atoms with van der Waals surface area (Å²) in [5.41, 5.74) is 2.45. The summed E-state index contributed by atoms with van der Waals surface area (Å²) >= 11 is 0. The molecule has 0 saturated carbocycles. The summed E-state index contributed by atoms with van der Waals surface area (Å²) < 4.78 is 6.05. The molecule has 2 aromatic rings. The zero-order valence-corrected chi connectivity index (χ0v) is 14.1. The molecular weight excluding hydrogens is 263 g/mol. The van der Waals surface area contributed by atoms with E-state index in [1.54, 1.807) is 0 Å². The molecular formula is C18H25OP. The van der Waals surface area contributed by atoms with Crippen LogP contribution >= 0.6 is 7.11 Å². The van der Waals surface area contributed by atoms with E-state index in [4.69, 9.17) is 4.52 Å². The Balaban J connectivity index is 0.000000461. The van der Waals surface area contributed by atoms with Crippen molar-refractivity contribution < 1.29 is 4.52 Å². The molecule has 1 heterocycles. The maximum Gasteiger partial charge on any atom is 0.131 e. The molecule has 1 atom stereocenters. The average molecular weight is 288 g/mol. The van der Waals surface area contributed by atoms with E-state index in [0.29, 0.717) is 0 Å². The van der Waals surface area contributed by atoms with Crippen LogP contribution in [0.5, 0.6) is 5.75 Å². The molecule has 1 aliphatic rings.